The third-order valence-electron chi connectivity index (χ3n) is 0. The molecule has 0 aromatic rings. The van der Waals surface area contributed by atoms with Crippen LogP contribution in [0.25, 0.3) is 0 Å². The van der Waals surface area contributed by atoms with Crippen molar-refractivity contribution >= 4 is 5.97 Å². The Kier molecular flexibility index (Phi) is 0.759. The van der Waals surface area contributed by atoms with Gasteiger partial charge in [-0.1, -0.05) is 0 Å². The average molecular weight is 66.1 g/mol. The van der Waals surface area contributed by atoms with Crippen LogP contribution < -0.4 is 0 Å². The number of carboxylic acid groups (broad SMARTS) is 1. The van der Waals surface area contributed by atoms with Crippen molar-refractivity contribution in [1.29, 1.82) is 0 Å². The molecule has 0 saturated carbocycles. The lowest BCUT2D eigenvalue weighted by Gasteiger charge is -1.59. The van der Waals surface area contributed by atoms with E-state index in [1.165, 1.54) is 0 Å². The Labute approximate surface area is 24.1 Å². The molecular formula is C2H4O2. The van der Waals surface area contributed by atoms with Crippen molar-refractivity contribution in [2.24, 2.45) is 0 Å². The molecule has 0 aromatic carbocycles. The predicted molar refractivity (Wildman–Crippen MR) is 13.3 cm³/mol. The monoisotopic (exact) mass is 66.0 g/mol. The van der Waals surface area contributed by atoms with Crippen LogP contribution in [-0.4, -0.2) is 11.1 Å². The second kappa shape index (κ2) is 0.875. The topological polar surface area (TPSA) is 37.3 Å². The van der Waals surface area contributed by atoms with Gasteiger partial charge in [-0.2, -0.15) is 0 Å². The van der Waals surface area contributed by atoms with E-state index in [0.29, 0.717) is 0 Å². The van der Waals surface area contributed by atoms with E-state index in [0.717, 1.165) is 6.92 Å². The number of carbonyl (C=O) groups is 1. The van der Waals surface area contributed by atoms with E-state index < -0.39 is 5.97 Å². The Hall–Kier alpha value is -0.530. The standard InChI is InChI=1S/C2H4O2/c1-2(3)4/h1H3,(H,3,4)/i3+6. The molecule has 4 heavy (non-hydrogen) atoms. The summed E-state index contributed by atoms with van der Waals surface area (Å²) in [6.45, 7) is 1.08. The quantitative estimate of drug-likeness (QED) is 0.435. The SMILES string of the molecule is CC(=O)[22OH]. The van der Waals surface area contributed by atoms with Crippen molar-refractivity contribution in [1.82, 2.24) is 0 Å². The van der Waals surface area contributed by atoms with Gasteiger partial charge in [0.1, 0.15) is 0 Å². The first-order valence-electron chi connectivity index (χ1n) is 0.928. The molecule has 0 amide bonds. The maximum Gasteiger partial charge on any atom is 0.300 e. The van der Waals surface area contributed by atoms with E-state index in [9.17, 15) is 0 Å². The highest BCUT2D eigenvalue weighted by Crippen LogP contribution is 1.42. The second-order valence-electron chi connectivity index (χ2n) is 0.519. The summed E-state index contributed by atoms with van der Waals surface area (Å²) in [5, 5.41) is 7.42. The molecule has 1 N–H and O–H groups in total. The van der Waals surface area contributed by atoms with Gasteiger partial charge in [0.05, 0.1) is 0 Å². The van der Waals surface area contributed by atoms with E-state index in [4.69, 9.17) is 9.90 Å². The molecule has 0 aliphatic rings. The summed E-state index contributed by atoms with van der Waals surface area (Å²) in [6, 6.07) is 0. The van der Waals surface area contributed by atoms with Crippen LogP contribution in [0.4, 0.5) is 0 Å². The highest BCUT2D eigenvalue weighted by atomic mass is 22.1. The molecule has 0 aliphatic heterocycles. The van der Waals surface area contributed by atoms with Crippen molar-refractivity contribution in [3.05, 3.63) is 0 Å². The predicted octanol–water partition coefficient (Wildman–Crippen LogP) is 0.0909. The maximum absolute atomic E-state index is 9.00. The van der Waals surface area contributed by atoms with Crippen LogP contribution in [0.2, 0.25) is 0 Å². The van der Waals surface area contributed by atoms with Crippen LogP contribution >= 0.6 is 0 Å². The van der Waals surface area contributed by atoms with Crippen molar-refractivity contribution in [3.8, 4) is 0 Å². The van der Waals surface area contributed by atoms with Gasteiger partial charge in [0.2, 0.25) is 0 Å². The number of aliphatic carboxylic acids is 1. The number of hydrogen-bond donors (Lipinski definition) is 1. The largest absolute Gasteiger partial charge is 0.481 e. The van der Waals surface area contributed by atoms with Crippen LogP contribution in [0, 0.1) is 0 Å². The van der Waals surface area contributed by atoms with E-state index in [1.807, 2.05) is 0 Å². The zero-order chi connectivity index (χ0) is 3.58. The first-order valence-corrected chi connectivity index (χ1v) is 0.928. The summed E-state index contributed by atoms with van der Waals surface area (Å²) in [7, 11) is 0. The first kappa shape index (κ1) is 3.47. The molecule has 0 radical (unpaired) electrons. The summed E-state index contributed by atoms with van der Waals surface area (Å²) in [4.78, 5) is 9.00. The smallest absolute Gasteiger partial charge is 0.300 e. The molecule has 0 spiro atoms. The lowest BCUT2D eigenvalue weighted by Crippen LogP contribution is -1.78. The fourth-order valence-corrected chi connectivity index (χ4v) is 0. The molecule has 0 unspecified atom stereocenters. The minimum absolute atomic E-state index is 0.833. The molecule has 0 bridgehead atoms. The summed E-state index contributed by atoms with van der Waals surface area (Å²) >= 11 is 0. The Morgan fingerprint density at radius 2 is 2.00 bits per heavy atom. The van der Waals surface area contributed by atoms with Gasteiger partial charge in [-0.25, -0.2) is 0 Å². The van der Waals surface area contributed by atoms with Crippen molar-refractivity contribution < 1.29 is 9.90 Å². The van der Waals surface area contributed by atoms with Crippen LogP contribution in [-0.2, 0) is 4.79 Å². The van der Waals surface area contributed by atoms with Crippen molar-refractivity contribution in [2.75, 3.05) is 0 Å². The van der Waals surface area contributed by atoms with E-state index >= 15 is 0 Å². The number of carboxylic acids is 1. The lowest BCUT2D eigenvalue weighted by atomic mass is 10.9. The van der Waals surface area contributed by atoms with Crippen LogP contribution in [0.5, 0.6) is 0 Å². The van der Waals surface area contributed by atoms with Crippen LogP contribution in [0.15, 0.2) is 0 Å². The van der Waals surface area contributed by atoms with Gasteiger partial charge in [0.25, 0.3) is 5.97 Å². The Bertz CT molecular complexity index is 27.0. The van der Waals surface area contributed by atoms with E-state index in [1.54, 1.807) is 0 Å². The van der Waals surface area contributed by atoms with Gasteiger partial charge in [0, 0.05) is 6.92 Å². The normalized spacial score (nSPS) is 6.25. The van der Waals surface area contributed by atoms with Gasteiger partial charge in [-0.15, -0.1) is 0 Å². The van der Waals surface area contributed by atoms with Gasteiger partial charge < -0.3 is 5.11 Å². The molecule has 0 saturated heterocycles. The third kappa shape index (κ3) is 1.16. The molecule has 0 heterocycles. The molecule has 2 nitrogen and oxygen atoms in total. The fourth-order valence-electron chi connectivity index (χ4n) is 0. The Morgan fingerprint density at radius 3 is 2.00 bits per heavy atom. The minimum Gasteiger partial charge on any atom is -0.481 e. The maximum atomic E-state index is 9.00. The lowest BCUT2D eigenvalue weighted by molar-refractivity contribution is -0.134. The van der Waals surface area contributed by atoms with E-state index in [2.05, 4.69) is 0 Å². The van der Waals surface area contributed by atoms with Gasteiger partial charge >= 0.3 is 0 Å². The number of rotatable bonds is 0. The minimum atomic E-state index is -0.833. The molecule has 0 aliphatic carbocycles. The van der Waals surface area contributed by atoms with Crippen molar-refractivity contribution in [3.63, 3.8) is 0 Å². The molecule has 0 atom stereocenters. The third-order valence-corrected chi connectivity index (χ3v) is 0. The Balaban J connectivity index is 2.80. The molecule has 24 valence electrons. The van der Waals surface area contributed by atoms with Crippen molar-refractivity contribution in [2.45, 2.75) is 6.92 Å². The summed E-state index contributed by atoms with van der Waals surface area (Å²) in [5.41, 5.74) is 0. The van der Waals surface area contributed by atoms with Gasteiger partial charge in [0.15, 0.2) is 0 Å². The van der Waals surface area contributed by atoms with Crippen LogP contribution in [0.1, 0.15) is 6.92 Å². The highest BCUT2D eigenvalue weighted by Gasteiger charge is 1.65. The highest BCUT2D eigenvalue weighted by molar-refractivity contribution is 5.62. The van der Waals surface area contributed by atoms with Gasteiger partial charge in [-0.3, -0.25) is 4.79 Å². The zero-order valence-electron chi connectivity index (χ0n) is 2.36. The Morgan fingerprint density at radius 1 is 2.00 bits per heavy atom. The molecule has 0 rings (SSSR count). The van der Waals surface area contributed by atoms with Gasteiger partial charge in [-0.05, 0) is 0 Å². The van der Waals surface area contributed by atoms with Crippen LogP contribution in [0.3, 0.4) is 0 Å². The molecule has 2 heteroatoms. The summed E-state index contributed by atoms with van der Waals surface area (Å²) < 4.78 is 0. The molecular weight excluding hydrogens is 62.0 g/mol. The fraction of sp³-hybridized carbons (Fsp3) is 0.500. The molecule has 0 fully saturated rings. The summed E-state index contributed by atoms with van der Waals surface area (Å²) in [6.07, 6.45) is 0. The zero-order valence-corrected chi connectivity index (χ0v) is 2.36. The summed E-state index contributed by atoms with van der Waals surface area (Å²) in [5.74, 6) is -0.833. The second-order valence-corrected chi connectivity index (χ2v) is 0.519. The molecule has 0 aromatic heterocycles. The average Bonchev–Trinajstić information content (AvgIpc) is 0.811. The first-order chi connectivity index (χ1) is 1.73. The van der Waals surface area contributed by atoms with E-state index in [-0.39, 0.29) is 0 Å². The number of hydrogen-bond acceptors (Lipinski definition) is 1.